The summed E-state index contributed by atoms with van der Waals surface area (Å²) < 4.78 is 41.9. The Labute approximate surface area is 94.3 Å². The van der Waals surface area contributed by atoms with Crippen molar-refractivity contribution in [1.82, 2.24) is 4.90 Å². The zero-order valence-electron chi connectivity index (χ0n) is 8.00. The van der Waals surface area contributed by atoms with E-state index < -0.39 is 11.0 Å². The Kier molecular flexibility index (Phi) is 4.82. The molecule has 0 saturated carbocycles. The summed E-state index contributed by atoms with van der Waals surface area (Å²) in [6, 6.07) is -0.332. The molecule has 7 heteroatoms. The number of aliphatic hydroxyl groups excluding tert-OH is 1. The van der Waals surface area contributed by atoms with Crippen LogP contribution in [0.15, 0.2) is 0 Å². The van der Waals surface area contributed by atoms with E-state index in [2.05, 4.69) is 15.9 Å². The van der Waals surface area contributed by atoms with Crippen LogP contribution >= 0.6 is 15.9 Å². The summed E-state index contributed by atoms with van der Waals surface area (Å²) in [5.74, 6) is 0. The minimum Gasteiger partial charge on any atom is -0.395 e. The first-order chi connectivity index (χ1) is 6.95. The molecule has 1 saturated heterocycles. The molecular formula is C8H13BrF3NO2. The number of nitrogens with zero attached hydrogens (tertiary/aromatic N) is 1. The molecule has 0 radical (unpaired) electrons. The Bertz CT molecular complexity index is 203. The van der Waals surface area contributed by atoms with Crippen LogP contribution in [-0.2, 0) is 4.74 Å². The van der Waals surface area contributed by atoms with Crippen LogP contribution < -0.4 is 0 Å². The molecule has 0 aliphatic carbocycles. The van der Waals surface area contributed by atoms with Gasteiger partial charge in [-0.15, -0.1) is 0 Å². The Morgan fingerprint density at radius 1 is 1.53 bits per heavy atom. The van der Waals surface area contributed by atoms with Gasteiger partial charge < -0.3 is 9.84 Å². The van der Waals surface area contributed by atoms with Crippen LogP contribution in [-0.4, -0.2) is 60.0 Å². The predicted octanol–water partition coefficient (Wildman–Crippen LogP) is 1.01. The lowest BCUT2D eigenvalue weighted by atomic mass is 10.2. The number of halogens is 4. The number of rotatable bonds is 3. The molecule has 2 unspecified atom stereocenters. The molecule has 1 N–H and O–H groups in total. The summed E-state index contributed by atoms with van der Waals surface area (Å²) >= 11 is 2.60. The minimum atomic E-state index is -4.25. The summed E-state index contributed by atoms with van der Waals surface area (Å²) in [7, 11) is 0. The fourth-order valence-corrected chi connectivity index (χ4v) is 1.78. The lowest BCUT2D eigenvalue weighted by molar-refractivity contribution is -0.136. The van der Waals surface area contributed by atoms with Crippen LogP contribution in [0.25, 0.3) is 0 Å². The van der Waals surface area contributed by atoms with Crippen molar-refractivity contribution in [2.45, 2.75) is 17.0 Å². The van der Waals surface area contributed by atoms with Gasteiger partial charge in [-0.3, -0.25) is 4.90 Å². The number of ether oxygens (including phenoxy) is 1. The Morgan fingerprint density at radius 3 is 2.73 bits per heavy atom. The first-order valence-electron chi connectivity index (χ1n) is 4.58. The molecule has 0 aromatic rings. The van der Waals surface area contributed by atoms with E-state index in [0.717, 1.165) is 0 Å². The molecule has 1 rings (SSSR count). The third kappa shape index (κ3) is 3.90. The van der Waals surface area contributed by atoms with Crippen molar-refractivity contribution in [2.75, 3.05) is 32.9 Å². The highest BCUT2D eigenvalue weighted by molar-refractivity contribution is 9.09. The van der Waals surface area contributed by atoms with Gasteiger partial charge in [0.05, 0.1) is 25.9 Å². The molecule has 1 aliphatic rings. The maximum Gasteiger partial charge on any atom is 0.402 e. The van der Waals surface area contributed by atoms with Gasteiger partial charge in [-0.25, -0.2) is 0 Å². The number of alkyl halides is 4. The average molecular weight is 292 g/mol. The van der Waals surface area contributed by atoms with E-state index in [9.17, 15) is 13.2 Å². The summed E-state index contributed by atoms with van der Waals surface area (Å²) in [5, 5.41) is 8.96. The van der Waals surface area contributed by atoms with Gasteiger partial charge in [0.2, 0.25) is 0 Å². The monoisotopic (exact) mass is 291 g/mol. The van der Waals surface area contributed by atoms with Crippen LogP contribution in [0, 0.1) is 0 Å². The Balaban J connectivity index is 2.48. The molecule has 1 fully saturated rings. The Hall–Kier alpha value is 0.150. The van der Waals surface area contributed by atoms with Gasteiger partial charge in [0.15, 0.2) is 0 Å². The average Bonchev–Trinajstić information content (AvgIpc) is 2.17. The zero-order valence-corrected chi connectivity index (χ0v) is 9.59. The maximum absolute atomic E-state index is 12.3. The molecule has 0 bridgehead atoms. The van der Waals surface area contributed by atoms with Crippen LogP contribution in [0.2, 0.25) is 0 Å². The molecule has 3 nitrogen and oxygen atoms in total. The van der Waals surface area contributed by atoms with Gasteiger partial charge in [-0.1, -0.05) is 15.9 Å². The van der Waals surface area contributed by atoms with Gasteiger partial charge in [0, 0.05) is 13.1 Å². The molecular weight excluding hydrogens is 279 g/mol. The van der Waals surface area contributed by atoms with Crippen molar-refractivity contribution in [3.63, 3.8) is 0 Å². The van der Waals surface area contributed by atoms with E-state index in [-0.39, 0.29) is 25.8 Å². The van der Waals surface area contributed by atoms with E-state index in [0.29, 0.717) is 13.2 Å². The molecule has 0 aromatic carbocycles. The molecule has 2 atom stereocenters. The van der Waals surface area contributed by atoms with Crippen LogP contribution in [0.5, 0.6) is 0 Å². The standard InChI is InChI=1S/C8H13BrF3NO2/c9-7(8(10,11)12)3-13-1-2-15-5-6(13)4-14/h6-7,14H,1-5H2. The third-order valence-electron chi connectivity index (χ3n) is 2.31. The number of hydrogen-bond acceptors (Lipinski definition) is 3. The summed E-state index contributed by atoms with van der Waals surface area (Å²) in [5.41, 5.74) is 0. The summed E-state index contributed by atoms with van der Waals surface area (Å²) in [4.78, 5) is 0.0355. The van der Waals surface area contributed by atoms with Crippen LogP contribution in [0.3, 0.4) is 0 Å². The van der Waals surface area contributed by atoms with Gasteiger partial charge in [0.25, 0.3) is 0 Å². The van der Waals surface area contributed by atoms with Crippen LogP contribution in [0.1, 0.15) is 0 Å². The second-order valence-electron chi connectivity index (χ2n) is 3.42. The van der Waals surface area contributed by atoms with Gasteiger partial charge in [0.1, 0.15) is 4.83 Å². The van der Waals surface area contributed by atoms with Gasteiger partial charge in [-0.05, 0) is 0 Å². The topological polar surface area (TPSA) is 32.7 Å². The number of aliphatic hydroxyl groups is 1. The smallest absolute Gasteiger partial charge is 0.395 e. The Morgan fingerprint density at radius 2 is 2.20 bits per heavy atom. The van der Waals surface area contributed by atoms with Crippen molar-refractivity contribution < 1.29 is 23.0 Å². The first kappa shape index (κ1) is 13.2. The number of hydrogen-bond donors (Lipinski definition) is 1. The van der Waals surface area contributed by atoms with Crippen molar-refractivity contribution in [1.29, 1.82) is 0 Å². The quantitative estimate of drug-likeness (QED) is 0.788. The van der Waals surface area contributed by atoms with E-state index in [1.54, 1.807) is 4.90 Å². The molecule has 0 aromatic heterocycles. The van der Waals surface area contributed by atoms with E-state index in [4.69, 9.17) is 9.84 Å². The van der Waals surface area contributed by atoms with Gasteiger partial charge >= 0.3 is 6.18 Å². The van der Waals surface area contributed by atoms with E-state index in [1.165, 1.54) is 0 Å². The van der Waals surface area contributed by atoms with Gasteiger partial charge in [-0.2, -0.15) is 13.2 Å². The summed E-state index contributed by atoms with van der Waals surface area (Å²) in [6.07, 6.45) is -4.25. The maximum atomic E-state index is 12.3. The first-order valence-corrected chi connectivity index (χ1v) is 5.50. The molecule has 1 heterocycles. The molecule has 15 heavy (non-hydrogen) atoms. The molecule has 1 aliphatic heterocycles. The molecule has 90 valence electrons. The SMILES string of the molecule is OCC1COCCN1CC(Br)C(F)(F)F. The van der Waals surface area contributed by atoms with E-state index in [1.807, 2.05) is 0 Å². The van der Waals surface area contributed by atoms with Crippen molar-refractivity contribution in [3.05, 3.63) is 0 Å². The van der Waals surface area contributed by atoms with Crippen molar-refractivity contribution >= 4 is 15.9 Å². The van der Waals surface area contributed by atoms with Crippen molar-refractivity contribution in [3.8, 4) is 0 Å². The minimum absolute atomic E-state index is 0.155. The lowest BCUT2D eigenvalue weighted by Crippen LogP contribution is -2.51. The predicted molar refractivity (Wildman–Crippen MR) is 52.0 cm³/mol. The van der Waals surface area contributed by atoms with Crippen molar-refractivity contribution in [2.24, 2.45) is 0 Å². The van der Waals surface area contributed by atoms with Crippen LogP contribution in [0.4, 0.5) is 13.2 Å². The summed E-state index contributed by atoms with van der Waals surface area (Å²) in [6.45, 7) is 0.779. The fraction of sp³-hybridized carbons (Fsp3) is 1.00. The van der Waals surface area contributed by atoms with E-state index >= 15 is 0 Å². The fourth-order valence-electron chi connectivity index (χ4n) is 1.41. The second kappa shape index (κ2) is 5.47. The molecule has 0 spiro atoms. The lowest BCUT2D eigenvalue weighted by Gasteiger charge is -2.35. The third-order valence-corrected chi connectivity index (χ3v) is 3.12. The normalized spacial score (nSPS) is 26.6. The highest BCUT2D eigenvalue weighted by Crippen LogP contribution is 2.27. The largest absolute Gasteiger partial charge is 0.402 e. The second-order valence-corrected chi connectivity index (χ2v) is 4.52. The number of morpholine rings is 1. The highest BCUT2D eigenvalue weighted by Gasteiger charge is 2.40. The zero-order chi connectivity index (χ0) is 11.5. The molecule has 0 amide bonds. The highest BCUT2D eigenvalue weighted by atomic mass is 79.9.